The van der Waals surface area contributed by atoms with E-state index in [1.165, 1.54) is 6.20 Å². The fourth-order valence-electron chi connectivity index (χ4n) is 2.10. The van der Waals surface area contributed by atoms with Gasteiger partial charge in [-0.3, -0.25) is 9.67 Å². The molecule has 1 unspecified atom stereocenters. The summed E-state index contributed by atoms with van der Waals surface area (Å²) in [5.41, 5.74) is 2.46. The minimum atomic E-state index is -0.303. The minimum Gasteiger partial charge on any atom is -0.305 e. The van der Waals surface area contributed by atoms with Crippen molar-refractivity contribution in [2.75, 3.05) is 6.54 Å². The largest absolute Gasteiger partial charge is 0.305 e. The van der Waals surface area contributed by atoms with Gasteiger partial charge < -0.3 is 5.32 Å². The Balaban J connectivity index is 2.46. The van der Waals surface area contributed by atoms with E-state index >= 15 is 0 Å². The minimum absolute atomic E-state index is 0.204. The maximum absolute atomic E-state index is 13.9. The normalized spacial score (nSPS) is 12.7. The molecule has 0 bridgehead atoms. The second kappa shape index (κ2) is 5.27. The Kier molecular flexibility index (Phi) is 3.72. The third kappa shape index (κ3) is 2.41. The Labute approximate surface area is 106 Å². The van der Waals surface area contributed by atoms with Crippen molar-refractivity contribution < 1.29 is 4.39 Å². The van der Waals surface area contributed by atoms with E-state index < -0.39 is 0 Å². The first-order chi connectivity index (χ1) is 8.63. The molecule has 18 heavy (non-hydrogen) atoms. The molecule has 0 amide bonds. The molecule has 96 valence electrons. The molecule has 1 N–H and O–H groups in total. The molecule has 0 aromatic carbocycles. The number of aryl methyl sites for hydroxylation is 2. The Bertz CT molecular complexity index is 536. The van der Waals surface area contributed by atoms with Gasteiger partial charge in [-0.05, 0) is 25.6 Å². The molecule has 0 aliphatic carbocycles. The summed E-state index contributed by atoms with van der Waals surface area (Å²) in [6, 6.07) is 3.46. The Morgan fingerprint density at radius 2 is 2.28 bits per heavy atom. The third-order valence-corrected chi connectivity index (χ3v) is 2.86. The monoisotopic (exact) mass is 248 g/mol. The lowest BCUT2D eigenvalue weighted by Gasteiger charge is -2.18. The number of rotatable bonds is 4. The quantitative estimate of drug-likeness (QED) is 0.899. The highest BCUT2D eigenvalue weighted by Gasteiger charge is 2.20. The van der Waals surface area contributed by atoms with E-state index in [1.54, 1.807) is 16.9 Å². The predicted octanol–water partition coefficient (Wildman–Crippen LogP) is 1.96. The van der Waals surface area contributed by atoms with E-state index in [4.69, 9.17) is 0 Å². The van der Waals surface area contributed by atoms with Gasteiger partial charge in [0.15, 0.2) is 0 Å². The molecule has 5 heteroatoms. The van der Waals surface area contributed by atoms with E-state index in [-0.39, 0.29) is 11.9 Å². The summed E-state index contributed by atoms with van der Waals surface area (Å²) in [5.74, 6) is -0.303. The first-order valence-electron chi connectivity index (χ1n) is 5.96. The number of hydrogen-bond donors (Lipinski definition) is 1. The van der Waals surface area contributed by atoms with E-state index in [1.807, 2.05) is 27.0 Å². The molecule has 0 spiro atoms. The van der Waals surface area contributed by atoms with Gasteiger partial charge in [-0.15, -0.1) is 0 Å². The van der Waals surface area contributed by atoms with E-state index in [0.717, 1.165) is 17.9 Å². The molecular formula is C13H17FN4. The highest BCUT2D eigenvalue weighted by atomic mass is 19.1. The van der Waals surface area contributed by atoms with Crippen molar-refractivity contribution >= 4 is 0 Å². The zero-order valence-corrected chi connectivity index (χ0v) is 10.8. The first kappa shape index (κ1) is 12.7. The van der Waals surface area contributed by atoms with Crippen LogP contribution in [0.2, 0.25) is 0 Å². The number of hydrogen-bond acceptors (Lipinski definition) is 3. The molecular weight excluding hydrogens is 231 g/mol. The van der Waals surface area contributed by atoms with Crippen molar-refractivity contribution in [2.24, 2.45) is 7.05 Å². The molecule has 0 aliphatic heterocycles. The fourth-order valence-corrected chi connectivity index (χ4v) is 2.10. The van der Waals surface area contributed by atoms with Crippen LogP contribution in [0, 0.1) is 12.7 Å². The maximum Gasteiger partial charge on any atom is 0.146 e. The Morgan fingerprint density at radius 1 is 1.50 bits per heavy atom. The van der Waals surface area contributed by atoms with Gasteiger partial charge in [-0.25, -0.2) is 4.39 Å². The van der Waals surface area contributed by atoms with Crippen molar-refractivity contribution in [1.82, 2.24) is 20.1 Å². The van der Waals surface area contributed by atoms with Gasteiger partial charge >= 0.3 is 0 Å². The van der Waals surface area contributed by atoms with Gasteiger partial charge in [0.05, 0.1) is 23.6 Å². The van der Waals surface area contributed by atoms with Gasteiger partial charge in [0.2, 0.25) is 0 Å². The smallest absolute Gasteiger partial charge is 0.146 e. The summed E-state index contributed by atoms with van der Waals surface area (Å²) < 4.78 is 15.6. The molecule has 2 heterocycles. The van der Waals surface area contributed by atoms with Crippen LogP contribution in [-0.4, -0.2) is 21.3 Å². The molecule has 0 aliphatic rings. The van der Waals surface area contributed by atoms with Crippen LogP contribution < -0.4 is 5.32 Å². The fraction of sp³-hybridized carbons (Fsp3) is 0.385. The van der Waals surface area contributed by atoms with Crippen LogP contribution in [0.25, 0.3) is 0 Å². The van der Waals surface area contributed by atoms with Crippen LogP contribution in [0.4, 0.5) is 4.39 Å². The zero-order chi connectivity index (χ0) is 13.1. The van der Waals surface area contributed by atoms with Crippen molar-refractivity contribution in [2.45, 2.75) is 19.9 Å². The number of halogens is 1. The van der Waals surface area contributed by atoms with Gasteiger partial charge in [-0.1, -0.05) is 6.92 Å². The summed E-state index contributed by atoms with van der Waals surface area (Å²) in [6.45, 7) is 4.67. The first-order valence-corrected chi connectivity index (χ1v) is 5.96. The second-order valence-electron chi connectivity index (χ2n) is 4.22. The van der Waals surface area contributed by atoms with E-state index in [9.17, 15) is 4.39 Å². The average Bonchev–Trinajstić information content (AvgIpc) is 2.66. The zero-order valence-electron chi connectivity index (χ0n) is 10.8. The van der Waals surface area contributed by atoms with Gasteiger partial charge in [0, 0.05) is 18.8 Å². The van der Waals surface area contributed by atoms with Crippen molar-refractivity contribution in [3.05, 3.63) is 47.3 Å². The van der Waals surface area contributed by atoms with Gasteiger partial charge in [-0.2, -0.15) is 5.10 Å². The number of pyridine rings is 1. The summed E-state index contributed by atoms with van der Waals surface area (Å²) in [7, 11) is 1.87. The second-order valence-corrected chi connectivity index (χ2v) is 4.22. The Morgan fingerprint density at radius 3 is 2.83 bits per heavy atom. The molecule has 2 aromatic rings. The average molecular weight is 248 g/mol. The van der Waals surface area contributed by atoms with E-state index in [2.05, 4.69) is 15.4 Å². The SMILES string of the molecule is CCNC(c1ccncc1F)c1cc(C)nn1C. The van der Waals surface area contributed by atoms with Crippen molar-refractivity contribution in [3.8, 4) is 0 Å². The summed E-state index contributed by atoms with van der Waals surface area (Å²) in [5, 5.41) is 7.59. The molecule has 4 nitrogen and oxygen atoms in total. The number of aromatic nitrogens is 3. The lowest BCUT2D eigenvalue weighted by molar-refractivity contribution is 0.529. The van der Waals surface area contributed by atoms with Crippen molar-refractivity contribution in [1.29, 1.82) is 0 Å². The molecule has 1 atom stereocenters. The van der Waals surface area contributed by atoms with E-state index in [0.29, 0.717) is 5.56 Å². The van der Waals surface area contributed by atoms with Crippen molar-refractivity contribution in [3.63, 3.8) is 0 Å². The van der Waals surface area contributed by atoms with Gasteiger partial charge in [0.1, 0.15) is 5.82 Å². The molecule has 0 saturated carbocycles. The third-order valence-electron chi connectivity index (χ3n) is 2.86. The molecule has 2 rings (SSSR count). The van der Waals surface area contributed by atoms with Crippen LogP contribution in [0.3, 0.4) is 0 Å². The summed E-state index contributed by atoms with van der Waals surface area (Å²) in [6.07, 6.45) is 2.84. The summed E-state index contributed by atoms with van der Waals surface area (Å²) >= 11 is 0. The Hall–Kier alpha value is -1.75. The maximum atomic E-state index is 13.9. The number of nitrogens with one attached hydrogen (secondary N) is 1. The lowest BCUT2D eigenvalue weighted by Crippen LogP contribution is -2.25. The topological polar surface area (TPSA) is 42.7 Å². The van der Waals surface area contributed by atoms with Crippen LogP contribution >= 0.6 is 0 Å². The van der Waals surface area contributed by atoms with Crippen LogP contribution in [-0.2, 0) is 7.05 Å². The van der Waals surface area contributed by atoms with Crippen LogP contribution in [0.5, 0.6) is 0 Å². The molecule has 0 fully saturated rings. The van der Waals surface area contributed by atoms with Crippen LogP contribution in [0.15, 0.2) is 24.5 Å². The highest BCUT2D eigenvalue weighted by Crippen LogP contribution is 2.24. The molecule has 2 aromatic heterocycles. The number of nitrogens with zero attached hydrogens (tertiary/aromatic N) is 3. The molecule has 0 saturated heterocycles. The summed E-state index contributed by atoms with van der Waals surface area (Å²) in [4.78, 5) is 3.78. The standard InChI is InChI=1S/C13H17FN4/c1-4-16-13(10-5-6-15-8-11(10)14)12-7-9(2)17-18(12)3/h5-8,13,16H,4H2,1-3H3. The highest BCUT2D eigenvalue weighted by molar-refractivity contribution is 5.28. The van der Waals surface area contributed by atoms with Crippen LogP contribution in [0.1, 0.15) is 29.9 Å². The predicted molar refractivity (Wildman–Crippen MR) is 67.7 cm³/mol. The van der Waals surface area contributed by atoms with Gasteiger partial charge in [0.25, 0.3) is 0 Å². The lowest BCUT2D eigenvalue weighted by atomic mass is 10.0. The molecule has 0 radical (unpaired) electrons.